The van der Waals surface area contributed by atoms with Crippen molar-refractivity contribution in [2.45, 2.75) is 44.7 Å². The summed E-state index contributed by atoms with van der Waals surface area (Å²) in [6.07, 6.45) is 2.16. The smallest absolute Gasteiger partial charge is 0.408 e. The maximum absolute atomic E-state index is 13.3. The lowest BCUT2D eigenvalue weighted by atomic mass is 10.0. The third-order valence-corrected chi connectivity index (χ3v) is 7.50. The summed E-state index contributed by atoms with van der Waals surface area (Å²) in [5.74, 6) is 0. The van der Waals surface area contributed by atoms with Crippen LogP contribution in [-0.4, -0.2) is 30.9 Å². The van der Waals surface area contributed by atoms with E-state index in [0.717, 1.165) is 27.8 Å². The second-order valence-corrected chi connectivity index (χ2v) is 11.1. The highest BCUT2D eigenvalue weighted by atomic mass is 16.6. The van der Waals surface area contributed by atoms with Gasteiger partial charge in [0.15, 0.2) is 0 Å². The molecule has 5 aromatic carbocycles. The van der Waals surface area contributed by atoms with E-state index < -0.39 is 24.3 Å². The molecule has 0 aromatic heterocycles. The van der Waals surface area contributed by atoms with Crippen LogP contribution in [0.5, 0.6) is 0 Å². The first-order valence-corrected chi connectivity index (χ1v) is 15.9. The van der Waals surface area contributed by atoms with E-state index in [1.807, 2.05) is 164 Å². The van der Waals surface area contributed by atoms with Gasteiger partial charge in [-0.1, -0.05) is 164 Å². The van der Waals surface area contributed by atoms with Crippen LogP contribution in [0.1, 0.15) is 27.8 Å². The van der Waals surface area contributed by atoms with Crippen molar-refractivity contribution in [3.05, 3.63) is 186 Å². The molecule has 240 valence electrons. The van der Waals surface area contributed by atoms with Crippen LogP contribution in [0.2, 0.25) is 0 Å². The van der Waals surface area contributed by atoms with Gasteiger partial charge in [0.1, 0.15) is 18.8 Å². The highest BCUT2D eigenvalue weighted by Gasteiger charge is 2.32. The van der Waals surface area contributed by atoms with Gasteiger partial charge < -0.3 is 24.3 Å². The van der Waals surface area contributed by atoms with Gasteiger partial charge in [-0.2, -0.15) is 0 Å². The zero-order valence-corrected chi connectivity index (χ0v) is 26.4. The Morgan fingerprint density at radius 1 is 0.553 bits per heavy atom. The topological polar surface area (TPSA) is 66.0 Å². The predicted molar refractivity (Wildman–Crippen MR) is 185 cm³/mol. The maximum Gasteiger partial charge on any atom is 0.408 e. The van der Waals surface area contributed by atoms with Crippen LogP contribution >= 0.6 is 0 Å². The molecule has 0 saturated heterocycles. The molecule has 6 heteroatoms. The summed E-state index contributed by atoms with van der Waals surface area (Å²) in [6.45, 7) is 1.45. The fraction of sp³-hybridized carbons (Fsp3) is 0.195. The average Bonchev–Trinajstić information content (AvgIpc) is 3.13. The van der Waals surface area contributed by atoms with E-state index in [0.29, 0.717) is 19.8 Å². The van der Waals surface area contributed by atoms with Crippen molar-refractivity contribution in [2.75, 3.05) is 6.61 Å². The lowest BCUT2D eigenvalue weighted by Gasteiger charge is -2.33. The number of amides is 1. The average molecular weight is 628 g/mol. The van der Waals surface area contributed by atoms with Gasteiger partial charge in [-0.15, -0.1) is 0 Å². The maximum atomic E-state index is 13.3. The molecule has 47 heavy (non-hydrogen) atoms. The van der Waals surface area contributed by atoms with E-state index >= 15 is 0 Å². The van der Waals surface area contributed by atoms with Crippen LogP contribution in [-0.2, 0) is 45.4 Å². The second-order valence-electron chi connectivity index (χ2n) is 11.1. The van der Waals surface area contributed by atoms with E-state index in [-0.39, 0.29) is 13.2 Å². The van der Waals surface area contributed by atoms with Crippen LogP contribution < -0.4 is 5.32 Å². The molecule has 0 heterocycles. The number of nitrogens with one attached hydrogen (secondary N) is 1. The molecule has 3 atom stereocenters. The molecule has 1 amide bonds. The van der Waals surface area contributed by atoms with Crippen LogP contribution in [0.15, 0.2) is 158 Å². The molecule has 0 spiro atoms. The van der Waals surface area contributed by atoms with Gasteiger partial charge >= 0.3 is 6.09 Å². The molecular weight excluding hydrogens is 586 g/mol. The van der Waals surface area contributed by atoms with Crippen molar-refractivity contribution in [2.24, 2.45) is 0 Å². The largest absolute Gasteiger partial charge is 0.445 e. The molecule has 0 unspecified atom stereocenters. The molecule has 5 rings (SSSR count). The van der Waals surface area contributed by atoms with Gasteiger partial charge in [0, 0.05) is 0 Å². The lowest BCUT2D eigenvalue weighted by Crippen LogP contribution is -2.51. The highest BCUT2D eigenvalue weighted by Crippen LogP contribution is 2.19. The first-order chi connectivity index (χ1) is 23.2. The normalized spacial score (nSPS) is 13.1. The number of carbonyl (C=O) groups excluding carboxylic acids is 1. The standard InChI is InChI=1S/C41H41NO5/c43-41(47-31-37-24-14-5-15-25-37)42-38(27-26-33-16-6-1-7-17-33)40(46-30-36-22-12-4-13-23-36)39(45-29-35-20-10-3-11-21-35)32-44-28-34-18-8-2-9-19-34/h1-27,38-40H,28-32H2,(H,42,43)/b27-26-/t38-,39+,40+/m1/s1. The molecule has 0 bridgehead atoms. The SMILES string of the molecule is O=C(N[C@H](/C=C\c1ccccc1)[C@H](OCc1ccccc1)[C@H](COCc1ccccc1)OCc1ccccc1)OCc1ccccc1. The zero-order chi connectivity index (χ0) is 32.4. The lowest BCUT2D eigenvalue weighted by molar-refractivity contribution is -0.122. The zero-order valence-electron chi connectivity index (χ0n) is 26.4. The summed E-state index contributed by atoms with van der Waals surface area (Å²) in [6, 6.07) is 48.9. The summed E-state index contributed by atoms with van der Waals surface area (Å²) in [4.78, 5) is 13.3. The van der Waals surface area contributed by atoms with Gasteiger partial charge in [-0.05, 0) is 27.8 Å². The number of hydrogen-bond acceptors (Lipinski definition) is 5. The quantitative estimate of drug-likeness (QED) is 0.112. The molecule has 0 aliphatic rings. The molecular formula is C41H41NO5. The number of hydrogen-bond donors (Lipinski definition) is 1. The van der Waals surface area contributed by atoms with Crippen molar-refractivity contribution < 1.29 is 23.7 Å². The minimum absolute atomic E-state index is 0.144. The van der Waals surface area contributed by atoms with Crippen molar-refractivity contribution >= 4 is 12.2 Å². The number of ether oxygens (including phenoxy) is 4. The summed E-state index contributed by atoms with van der Waals surface area (Å²) in [5, 5.41) is 3.07. The number of rotatable bonds is 17. The predicted octanol–water partition coefficient (Wildman–Crippen LogP) is 8.38. The summed E-state index contributed by atoms with van der Waals surface area (Å²) in [7, 11) is 0. The Balaban J connectivity index is 1.42. The Labute approximate surface area is 277 Å². The second kappa shape index (κ2) is 18.8. The Morgan fingerprint density at radius 3 is 1.53 bits per heavy atom. The van der Waals surface area contributed by atoms with Gasteiger partial charge in [0.25, 0.3) is 0 Å². The Morgan fingerprint density at radius 2 is 1.00 bits per heavy atom. The number of carbonyl (C=O) groups is 1. The van der Waals surface area contributed by atoms with E-state index in [9.17, 15) is 4.79 Å². The van der Waals surface area contributed by atoms with Crippen molar-refractivity contribution in [1.29, 1.82) is 0 Å². The van der Waals surface area contributed by atoms with Gasteiger partial charge in [0.05, 0.1) is 32.5 Å². The van der Waals surface area contributed by atoms with Gasteiger partial charge in [0.2, 0.25) is 0 Å². The molecule has 0 saturated carbocycles. The van der Waals surface area contributed by atoms with Crippen LogP contribution in [0.3, 0.4) is 0 Å². The summed E-state index contributed by atoms with van der Waals surface area (Å²) >= 11 is 0. The third kappa shape index (κ3) is 11.7. The molecule has 5 aromatic rings. The monoisotopic (exact) mass is 627 g/mol. The third-order valence-electron chi connectivity index (χ3n) is 7.50. The van der Waals surface area contributed by atoms with Gasteiger partial charge in [-0.25, -0.2) is 4.79 Å². The fourth-order valence-corrected chi connectivity index (χ4v) is 5.01. The van der Waals surface area contributed by atoms with E-state index in [1.54, 1.807) is 0 Å². The highest BCUT2D eigenvalue weighted by molar-refractivity contribution is 5.68. The Bertz CT molecular complexity index is 1600. The summed E-state index contributed by atoms with van der Waals surface area (Å²) < 4.78 is 25.2. The van der Waals surface area contributed by atoms with Crippen molar-refractivity contribution in [1.82, 2.24) is 5.32 Å². The molecule has 0 aliphatic carbocycles. The number of alkyl carbamates (subject to hydrolysis) is 1. The van der Waals surface area contributed by atoms with Crippen LogP contribution in [0, 0.1) is 0 Å². The van der Waals surface area contributed by atoms with E-state index in [4.69, 9.17) is 18.9 Å². The molecule has 0 aliphatic heterocycles. The summed E-state index contributed by atoms with van der Waals surface area (Å²) in [5.41, 5.74) is 4.96. The van der Waals surface area contributed by atoms with E-state index in [1.165, 1.54) is 0 Å². The molecule has 0 fully saturated rings. The van der Waals surface area contributed by atoms with Gasteiger partial charge in [-0.3, -0.25) is 0 Å². The van der Waals surface area contributed by atoms with Crippen molar-refractivity contribution in [3.8, 4) is 0 Å². The molecule has 0 radical (unpaired) electrons. The van der Waals surface area contributed by atoms with Crippen molar-refractivity contribution in [3.63, 3.8) is 0 Å². The Kier molecular flexibility index (Phi) is 13.4. The first-order valence-electron chi connectivity index (χ1n) is 15.9. The van der Waals surface area contributed by atoms with Crippen LogP contribution in [0.25, 0.3) is 6.08 Å². The van der Waals surface area contributed by atoms with Crippen LogP contribution in [0.4, 0.5) is 4.79 Å². The number of benzene rings is 5. The Hall–Kier alpha value is -5.01. The molecule has 6 nitrogen and oxygen atoms in total. The first kappa shape index (κ1) is 33.4. The van der Waals surface area contributed by atoms with E-state index in [2.05, 4.69) is 5.32 Å². The minimum Gasteiger partial charge on any atom is -0.445 e. The fourth-order valence-electron chi connectivity index (χ4n) is 5.01. The molecule has 1 N–H and O–H groups in total. The minimum atomic E-state index is -0.640.